The first-order valence-electron chi connectivity index (χ1n) is 12.5. The van der Waals surface area contributed by atoms with Crippen molar-refractivity contribution in [3.8, 4) is 0 Å². The Morgan fingerprint density at radius 2 is 1.37 bits per heavy atom. The summed E-state index contributed by atoms with van der Waals surface area (Å²) in [5.74, 6) is 0. The van der Waals surface area contributed by atoms with Crippen molar-refractivity contribution in [2.75, 3.05) is 39.4 Å². The summed E-state index contributed by atoms with van der Waals surface area (Å²) in [6, 6.07) is 20.7. The highest BCUT2D eigenvalue weighted by atomic mass is 28.4. The van der Waals surface area contributed by atoms with E-state index in [1.807, 2.05) is 57.2 Å². The number of rotatable bonds is 7. The van der Waals surface area contributed by atoms with Crippen LogP contribution in [-0.4, -0.2) is 75.3 Å². The van der Waals surface area contributed by atoms with Crippen LogP contribution >= 0.6 is 0 Å². The molecule has 3 rings (SSSR count). The fourth-order valence-corrected chi connectivity index (χ4v) is 9.44. The third kappa shape index (κ3) is 6.71. The highest BCUT2D eigenvalue weighted by molar-refractivity contribution is 6.99. The number of hydrogen-bond donors (Lipinski definition) is 0. The zero-order chi connectivity index (χ0) is 25.7. The maximum atomic E-state index is 14.5. The third-order valence-electron chi connectivity index (χ3n) is 6.42. The molecule has 7 heteroatoms. The van der Waals surface area contributed by atoms with Crippen molar-refractivity contribution in [3.05, 3.63) is 60.7 Å². The summed E-state index contributed by atoms with van der Waals surface area (Å²) in [6.45, 7) is 14.6. The number of alkyl halides is 1. The Bertz CT molecular complexity index is 897. The van der Waals surface area contributed by atoms with Gasteiger partial charge in [0.25, 0.3) is 8.32 Å². The minimum absolute atomic E-state index is 0.210. The molecular weight excluding hydrogens is 459 g/mol. The molecule has 1 aliphatic rings. The van der Waals surface area contributed by atoms with Gasteiger partial charge in [0.2, 0.25) is 0 Å². The van der Waals surface area contributed by atoms with Gasteiger partial charge in [-0.2, -0.15) is 0 Å². The molecule has 0 N–H and O–H groups in total. The second-order valence-electron chi connectivity index (χ2n) is 11.3. The van der Waals surface area contributed by atoms with Crippen molar-refractivity contribution < 1.29 is 18.3 Å². The molecule has 1 unspecified atom stereocenters. The smallest absolute Gasteiger partial charge is 0.410 e. The number of carbonyl (C=O) groups is 1. The molecule has 1 aliphatic heterocycles. The van der Waals surface area contributed by atoms with Crippen molar-refractivity contribution in [1.82, 2.24) is 9.80 Å². The van der Waals surface area contributed by atoms with Crippen LogP contribution in [0.4, 0.5) is 9.18 Å². The molecule has 0 aromatic heterocycles. The van der Waals surface area contributed by atoms with Crippen LogP contribution in [-0.2, 0) is 9.16 Å². The highest BCUT2D eigenvalue weighted by Gasteiger charge is 2.51. The number of nitrogens with zero attached hydrogens (tertiary/aromatic N) is 2. The maximum absolute atomic E-state index is 14.5. The molecule has 1 atom stereocenters. The van der Waals surface area contributed by atoms with E-state index in [0.29, 0.717) is 32.7 Å². The first kappa shape index (κ1) is 27.4. The van der Waals surface area contributed by atoms with Gasteiger partial charge in [0.1, 0.15) is 12.3 Å². The maximum Gasteiger partial charge on any atom is 0.410 e. The Labute approximate surface area is 211 Å². The van der Waals surface area contributed by atoms with Gasteiger partial charge in [-0.05, 0) is 36.2 Å². The van der Waals surface area contributed by atoms with E-state index in [0.717, 1.165) is 10.4 Å². The van der Waals surface area contributed by atoms with Gasteiger partial charge in [-0.3, -0.25) is 4.90 Å². The molecule has 192 valence electrons. The molecule has 5 nitrogen and oxygen atoms in total. The van der Waals surface area contributed by atoms with E-state index < -0.39 is 26.7 Å². The van der Waals surface area contributed by atoms with E-state index in [9.17, 15) is 9.18 Å². The minimum Gasteiger partial charge on any atom is -0.444 e. The van der Waals surface area contributed by atoms with Gasteiger partial charge in [0.15, 0.2) is 0 Å². The van der Waals surface area contributed by atoms with Crippen LogP contribution in [0.1, 0.15) is 41.5 Å². The number of carbonyl (C=O) groups excluding carboxylic acids is 1. The normalized spacial score (nSPS) is 16.7. The van der Waals surface area contributed by atoms with Crippen LogP contribution in [0.5, 0.6) is 0 Å². The van der Waals surface area contributed by atoms with Crippen molar-refractivity contribution >= 4 is 24.8 Å². The van der Waals surface area contributed by atoms with Crippen molar-refractivity contribution in [3.63, 3.8) is 0 Å². The minimum atomic E-state index is -2.83. The zero-order valence-electron chi connectivity index (χ0n) is 22.1. The molecule has 2 aromatic carbocycles. The zero-order valence-corrected chi connectivity index (χ0v) is 23.1. The third-order valence-corrected chi connectivity index (χ3v) is 11.5. The van der Waals surface area contributed by atoms with Gasteiger partial charge in [-0.25, -0.2) is 9.18 Å². The van der Waals surface area contributed by atoms with Crippen molar-refractivity contribution in [1.29, 1.82) is 0 Å². The Hall–Kier alpha value is -2.22. The van der Waals surface area contributed by atoms with E-state index >= 15 is 0 Å². The number of ether oxygens (including phenoxy) is 1. The number of piperazine rings is 1. The monoisotopic (exact) mass is 500 g/mol. The second kappa shape index (κ2) is 11.2. The lowest BCUT2D eigenvalue weighted by atomic mass is 10.2. The van der Waals surface area contributed by atoms with Crippen LogP contribution in [0.2, 0.25) is 5.04 Å². The molecule has 1 saturated heterocycles. The SMILES string of the molecule is CC(C)(C)OC(=O)N1CCN(CC(CF)O[Si](c2ccccc2)(c2ccccc2)C(C)(C)C)CC1. The molecule has 2 aromatic rings. The number of halogens is 1. The van der Waals surface area contributed by atoms with Gasteiger partial charge in [0.05, 0.1) is 6.10 Å². The molecule has 0 aliphatic carbocycles. The van der Waals surface area contributed by atoms with Crippen LogP contribution in [0.15, 0.2) is 60.7 Å². The molecule has 1 fully saturated rings. The lowest BCUT2D eigenvalue weighted by Gasteiger charge is -2.45. The van der Waals surface area contributed by atoms with E-state index in [1.54, 1.807) is 4.90 Å². The van der Waals surface area contributed by atoms with E-state index in [2.05, 4.69) is 49.9 Å². The van der Waals surface area contributed by atoms with Crippen LogP contribution in [0.3, 0.4) is 0 Å². The second-order valence-corrected chi connectivity index (χ2v) is 15.6. The Morgan fingerprint density at radius 1 is 0.886 bits per heavy atom. The van der Waals surface area contributed by atoms with E-state index in [-0.39, 0.29) is 11.1 Å². The molecule has 35 heavy (non-hydrogen) atoms. The van der Waals surface area contributed by atoms with E-state index in [4.69, 9.17) is 9.16 Å². The predicted molar refractivity (Wildman–Crippen MR) is 143 cm³/mol. The summed E-state index contributed by atoms with van der Waals surface area (Å²) < 4.78 is 27.0. The number of amides is 1. The van der Waals surface area contributed by atoms with Crippen LogP contribution < -0.4 is 10.4 Å². The fraction of sp³-hybridized carbons (Fsp3) is 0.536. The topological polar surface area (TPSA) is 42.0 Å². The lowest BCUT2D eigenvalue weighted by Crippen LogP contribution is -2.68. The summed E-state index contributed by atoms with van der Waals surface area (Å²) in [4.78, 5) is 16.3. The summed E-state index contributed by atoms with van der Waals surface area (Å²) >= 11 is 0. The quantitative estimate of drug-likeness (QED) is 0.527. The van der Waals surface area contributed by atoms with Gasteiger partial charge < -0.3 is 14.1 Å². The number of hydrogen-bond acceptors (Lipinski definition) is 4. The average molecular weight is 501 g/mol. The predicted octanol–water partition coefficient (Wildman–Crippen LogP) is 4.45. The van der Waals surface area contributed by atoms with Crippen molar-refractivity contribution in [2.45, 2.75) is 58.3 Å². The summed E-state index contributed by atoms with van der Waals surface area (Å²) in [5.41, 5.74) is -0.517. The molecule has 1 heterocycles. The van der Waals surface area contributed by atoms with Gasteiger partial charge in [-0.1, -0.05) is 81.4 Å². The molecule has 0 saturated carbocycles. The summed E-state index contributed by atoms with van der Waals surface area (Å²) in [6.07, 6.45) is -0.850. The first-order valence-corrected chi connectivity index (χ1v) is 14.4. The Balaban J connectivity index is 1.80. The van der Waals surface area contributed by atoms with Gasteiger partial charge >= 0.3 is 6.09 Å². The fourth-order valence-electron chi connectivity index (χ4n) is 4.79. The molecule has 0 spiro atoms. The largest absolute Gasteiger partial charge is 0.444 e. The first-order chi connectivity index (χ1) is 16.5. The average Bonchev–Trinajstić information content (AvgIpc) is 2.81. The van der Waals surface area contributed by atoms with Gasteiger partial charge in [-0.15, -0.1) is 0 Å². The van der Waals surface area contributed by atoms with Crippen LogP contribution in [0, 0.1) is 0 Å². The molecule has 1 amide bonds. The van der Waals surface area contributed by atoms with E-state index in [1.165, 1.54) is 0 Å². The van der Waals surface area contributed by atoms with Gasteiger partial charge in [0, 0.05) is 32.7 Å². The number of benzene rings is 2. The summed E-state index contributed by atoms with van der Waals surface area (Å²) in [7, 11) is -2.83. The van der Waals surface area contributed by atoms with Crippen molar-refractivity contribution in [2.24, 2.45) is 0 Å². The van der Waals surface area contributed by atoms with Crippen LogP contribution in [0.25, 0.3) is 0 Å². The summed E-state index contributed by atoms with van der Waals surface area (Å²) in [5, 5.41) is 2.08. The lowest BCUT2D eigenvalue weighted by molar-refractivity contribution is 0.00980. The molecule has 0 bridgehead atoms. The Morgan fingerprint density at radius 3 is 1.77 bits per heavy atom. The molecule has 0 radical (unpaired) electrons. The highest BCUT2D eigenvalue weighted by Crippen LogP contribution is 2.37. The molecular formula is C28H41FN2O3Si. The standard InChI is InChI=1S/C28H41FN2O3Si/c1-27(2,3)33-26(32)31-19-17-30(18-20-31)22-23(21-29)34-35(28(4,5)6,24-13-9-7-10-14-24)25-15-11-8-12-16-25/h7-16,23H,17-22H2,1-6H3. The Kier molecular flexibility index (Phi) is 8.78.